The molecule has 1 saturated heterocycles. The predicted molar refractivity (Wildman–Crippen MR) is 73.9 cm³/mol. The first-order valence-electron chi connectivity index (χ1n) is 6.24. The van der Waals surface area contributed by atoms with Crippen molar-refractivity contribution < 1.29 is 9.53 Å². The molecule has 2 atom stereocenters. The van der Waals surface area contributed by atoms with Crippen molar-refractivity contribution in [1.29, 1.82) is 0 Å². The lowest BCUT2D eigenvalue weighted by atomic mass is 9.87. The van der Waals surface area contributed by atoms with E-state index in [1.165, 1.54) is 0 Å². The van der Waals surface area contributed by atoms with Gasteiger partial charge >= 0.3 is 6.03 Å². The van der Waals surface area contributed by atoms with Crippen LogP contribution >= 0.6 is 11.8 Å². The Morgan fingerprint density at radius 3 is 3.05 bits per heavy atom. The van der Waals surface area contributed by atoms with Crippen molar-refractivity contribution >= 4 is 23.5 Å². The standard InChI is InChI=1S/C14H12N2O2S/c17-13-15-11-6-8-18-14(11,10-4-2-1-3-5-10)12-16(13)7-9-19-12/h1-5,7,9,12H,6,8H2. The minimum absolute atomic E-state index is 0.0719. The van der Waals surface area contributed by atoms with Gasteiger partial charge in [-0.3, -0.25) is 4.90 Å². The summed E-state index contributed by atoms with van der Waals surface area (Å²) in [7, 11) is 0. The summed E-state index contributed by atoms with van der Waals surface area (Å²) in [4.78, 5) is 17.9. The smallest absolute Gasteiger partial charge is 0.348 e. The zero-order valence-corrected chi connectivity index (χ0v) is 11.0. The fourth-order valence-electron chi connectivity index (χ4n) is 2.96. The number of nitrogens with zero attached hydrogens (tertiary/aromatic N) is 2. The van der Waals surface area contributed by atoms with E-state index in [0.717, 1.165) is 17.7 Å². The summed E-state index contributed by atoms with van der Waals surface area (Å²) in [5, 5.41) is 1.87. The van der Waals surface area contributed by atoms with Crippen LogP contribution in [-0.2, 0) is 10.3 Å². The SMILES string of the molecule is O=C1N=C2CCOC2(c2ccccc2)C2SC=CN12. The maximum absolute atomic E-state index is 12.0. The van der Waals surface area contributed by atoms with Crippen LogP contribution in [0.2, 0.25) is 0 Å². The molecule has 3 aliphatic heterocycles. The highest BCUT2D eigenvalue weighted by atomic mass is 32.2. The molecule has 2 unspecified atom stereocenters. The van der Waals surface area contributed by atoms with Gasteiger partial charge in [0.2, 0.25) is 0 Å². The van der Waals surface area contributed by atoms with Gasteiger partial charge in [-0.2, -0.15) is 4.99 Å². The van der Waals surface area contributed by atoms with Crippen LogP contribution in [0.25, 0.3) is 0 Å². The lowest BCUT2D eigenvalue weighted by Crippen LogP contribution is -2.54. The molecule has 0 aliphatic carbocycles. The molecular weight excluding hydrogens is 260 g/mol. The number of benzene rings is 1. The van der Waals surface area contributed by atoms with Crippen LogP contribution in [0.15, 0.2) is 46.9 Å². The highest BCUT2D eigenvalue weighted by molar-refractivity contribution is 8.03. The number of fused-ring (bicyclic) bond motifs is 3. The quantitative estimate of drug-likeness (QED) is 0.789. The zero-order valence-electron chi connectivity index (χ0n) is 10.2. The van der Waals surface area contributed by atoms with Crippen LogP contribution in [0.1, 0.15) is 12.0 Å². The summed E-state index contributed by atoms with van der Waals surface area (Å²) < 4.78 is 6.11. The summed E-state index contributed by atoms with van der Waals surface area (Å²) in [6.45, 7) is 0.617. The number of amides is 2. The molecule has 19 heavy (non-hydrogen) atoms. The number of hydrogen-bond donors (Lipinski definition) is 0. The van der Waals surface area contributed by atoms with Gasteiger partial charge in [-0.1, -0.05) is 30.3 Å². The van der Waals surface area contributed by atoms with Crippen molar-refractivity contribution in [3.63, 3.8) is 0 Å². The Labute approximate surface area is 115 Å². The van der Waals surface area contributed by atoms with E-state index in [4.69, 9.17) is 4.74 Å². The van der Waals surface area contributed by atoms with Crippen LogP contribution in [0.5, 0.6) is 0 Å². The number of carbonyl (C=O) groups is 1. The third kappa shape index (κ3) is 1.40. The lowest BCUT2D eigenvalue weighted by molar-refractivity contribution is 0.00937. The summed E-state index contributed by atoms with van der Waals surface area (Å²) in [5.41, 5.74) is 1.36. The molecule has 2 amide bonds. The molecule has 1 aromatic rings. The molecule has 0 saturated carbocycles. The normalized spacial score (nSPS) is 32.2. The minimum Gasteiger partial charge on any atom is -0.361 e. The van der Waals surface area contributed by atoms with E-state index in [0.29, 0.717) is 6.61 Å². The van der Waals surface area contributed by atoms with E-state index in [9.17, 15) is 4.79 Å². The summed E-state index contributed by atoms with van der Waals surface area (Å²) in [6, 6.07) is 9.89. The number of aliphatic imine (C=N–C) groups is 1. The molecule has 5 heteroatoms. The Kier molecular flexibility index (Phi) is 2.34. The van der Waals surface area contributed by atoms with Crippen molar-refractivity contribution in [2.45, 2.75) is 17.4 Å². The molecule has 1 fully saturated rings. The van der Waals surface area contributed by atoms with Gasteiger partial charge < -0.3 is 4.74 Å². The first-order valence-corrected chi connectivity index (χ1v) is 7.18. The molecule has 4 nitrogen and oxygen atoms in total. The molecule has 0 aromatic heterocycles. The van der Waals surface area contributed by atoms with E-state index in [-0.39, 0.29) is 11.4 Å². The third-order valence-corrected chi connectivity index (χ3v) is 4.88. The maximum atomic E-state index is 12.0. The van der Waals surface area contributed by atoms with Crippen molar-refractivity contribution in [3.05, 3.63) is 47.5 Å². The van der Waals surface area contributed by atoms with Crippen LogP contribution in [0.4, 0.5) is 4.79 Å². The maximum Gasteiger partial charge on any atom is 0.348 e. The zero-order chi connectivity index (χ0) is 12.9. The molecule has 0 bridgehead atoms. The van der Waals surface area contributed by atoms with E-state index in [2.05, 4.69) is 4.99 Å². The number of rotatable bonds is 1. The van der Waals surface area contributed by atoms with Crippen molar-refractivity contribution in [2.24, 2.45) is 4.99 Å². The number of urea groups is 1. The Morgan fingerprint density at radius 2 is 2.21 bits per heavy atom. The number of hydrogen-bond acceptors (Lipinski definition) is 3. The van der Waals surface area contributed by atoms with Crippen LogP contribution in [-0.4, -0.2) is 28.6 Å². The minimum atomic E-state index is -0.580. The molecule has 0 spiro atoms. The summed E-state index contributed by atoms with van der Waals surface area (Å²) in [6.07, 6.45) is 2.52. The summed E-state index contributed by atoms with van der Waals surface area (Å²) in [5.74, 6) is 0. The first kappa shape index (κ1) is 11.3. The van der Waals surface area contributed by atoms with E-state index in [1.54, 1.807) is 22.9 Å². The van der Waals surface area contributed by atoms with Crippen LogP contribution in [0.3, 0.4) is 0 Å². The number of carbonyl (C=O) groups excluding carboxylic acids is 1. The van der Waals surface area contributed by atoms with Crippen LogP contribution in [0, 0.1) is 0 Å². The lowest BCUT2D eigenvalue weighted by Gasteiger charge is -2.41. The van der Waals surface area contributed by atoms with Gasteiger partial charge in [0.05, 0.1) is 12.3 Å². The molecule has 0 radical (unpaired) electrons. The second-order valence-corrected chi connectivity index (χ2v) is 5.71. The number of thioether (sulfide) groups is 1. The monoisotopic (exact) mass is 272 g/mol. The topological polar surface area (TPSA) is 41.9 Å². The molecule has 4 rings (SSSR count). The highest BCUT2D eigenvalue weighted by Gasteiger charge is 2.56. The molecule has 0 N–H and O–H groups in total. The van der Waals surface area contributed by atoms with E-state index in [1.807, 2.05) is 35.7 Å². The van der Waals surface area contributed by atoms with E-state index >= 15 is 0 Å². The fourth-order valence-corrected chi connectivity index (χ4v) is 4.13. The van der Waals surface area contributed by atoms with Gasteiger partial charge in [0.1, 0.15) is 5.37 Å². The van der Waals surface area contributed by atoms with Gasteiger partial charge in [0, 0.05) is 12.6 Å². The van der Waals surface area contributed by atoms with Gasteiger partial charge in [0.25, 0.3) is 0 Å². The van der Waals surface area contributed by atoms with Gasteiger partial charge in [-0.05, 0) is 11.0 Å². The Hall–Kier alpha value is -1.59. The van der Waals surface area contributed by atoms with Gasteiger partial charge in [-0.25, -0.2) is 4.79 Å². The predicted octanol–water partition coefficient (Wildman–Crippen LogP) is 2.72. The Balaban J connectivity index is 1.93. The van der Waals surface area contributed by atoms with Gasteiger partial charge in [0.15, 0.2) is 5.60 Å². The van der Waals surface area contributed by atoms with Crippen molar-refractivity contribution in [3.8, 4) is 0 Å². The Morgan fingerprint density at radius 1 is 1.37 bits per heavy atom. The van der Waals surface area contributed by atoms with Gasteiger partial charge in [-0.15, -0.1) is 11.8 Å². The van der Waals surface area contributed by atoms with Crippen molar-refractivity contribution in [1.82, 2.24) is 4.90 Å². The fraction of sp³-hybridized carbons (Fsp3) is 0.286. The number of ether oxygens (including phenoxy) is 1. The third-order valence-electron chi connectivity index (χ3n) is 3.78. The van der Waals surface area contributed by atoms with E-state index < -0.39 is 5.60 Å². The average Bonchev–Trinajstić information content (AvgIpc) is 3.06. The average molecular weight is 272 g/mol. The largest absolute Gasteiger partial charge is 0.361 e. The van der Waals surface area contributed by atoms with Crippen LogP contribution < -0.4 is 0 Å². The molecule has 1 aromatic carbocycles. The molecule has 3 aliphatic rings. The molecule has 3 heterocycles. The molecule has 96 valence electrons. The second kappa shape index (κ2) is 3.95. The molecular formula is C14H12N2O2S. The Bertz CT molecular complexity index is 599. The highest BCUT2D eigenvalue weighted by Crippen LogP contribution is 2.49. The second-order valence-electron chi connectivity index (χ2n) is 4.72. The first-order chi connectivity index (χ1) is 9.32. The summed E-state index contributed by atoms with van der Waals surface area (Å²) >= 11 is 1.62. The van der Waals surface area contributed by atoms with Crippen molar-refractivity contribution in [2.75, 3.05) is 6.61 Å².